The molecular formula is C14H21N3O2. The second-order valence-electron chi connectivity index (χ2n) is 5.61. The Balaban J connectivity index is 1.89. The number of aromatic nitrogens is 2. The fraction of sp³-hybridized carbons (Fsp3) is 0.714. The fourth-order valence-electron chi connectivity index (χ4n) is 2.63. The Morgan fingerprint density at radius 2 is 2.16 bits per heavy atom. The molecule has 0 aliphatic heterocycles. The minimum atomic E-state index is -0.331. The van der Waals surface area contributed by atoms with Gasteiger partial charge in [-0.25, -0.2) is 9.48 Å². The molecule has 0 saturated heterocycles. The van der Waals surface area contributed by atoms with Gasteiger partial charge in [0.05, 0.1) is 12.6 Å². The predicted molar refractivity (Wildman–Crippen MR) is 71.9 cm³/mol. The summed E-state index contributed by atoms with van der Waals surface area (Å²) in [7, 11) is 0. The van der Waals surface area contributed by atoms with E-state index in [0.717, 1.165) is 24.8 Å². The van der Waals surface area contributed by atoms with Crippen LogP contribution >= 0.6 is 0 Å². The molecule has 0 unspecified atom stereocenters. The number of hydrogen-bond donors (Lipinski definition) is 1. The number of carbonyl (C=O) groups is 1. The van der Waals surface area contributed by atoms with Crippen LogP contribution in [0, 0.1) is 5.92 Å². The van der Waals surface area contributed by atoms with Gasteiger partial charge in [0.25, 0.3) is 0 Å². The maximum Gasteiger partial charge on any atom is 0.359 e. The Morgan fingerprint density at radius 3 is 2.68 bits per heavy atom. The van der Waals surface area contributed by atoms with Gasteiger partial charge in [0.1, 0.15) is 5.82 Å². The summed E-state index contributed by atoms with van der Waals surface area (Å²) in [6, 6.07) is 0.392. The summed E-state index contributed by atoms with van der Waals surface area (Å²) in [6.07, 6.45) is 6.84. The summed E-state index contributed by atoms with van der Waals surface area (Å²) < 4.78 is 6.93. The van der Waals surface area contributed by atoms with Crippen LogP contribution in [0.1, 0.15) is 61.1 Å². The maximum absolute atomic E-state index is 12.0. The van der Waals surface area contributed by atoms with Crippen molar-refractivity contribution in [3.05, 3.63) is 11.3 Å². The van der Waals surface area contributed by atoms with E-state index < -0.39 is 0 Å². The highest BCUT2D eigenvalue weighted by Crippen LogP contribution is 2.39. The normalized spacial score (nSPS) is 19.2. The molecule has 104 valence electrons. The van der Waals surface area contributed by atoms with E-state index in [1.165, 1.54) is 19.3 Å². The lowest BCUT2D eigenvalue weighted by atomic mass is 9.81. The molecule has 5 nitrogen and oxygen atoms in total. The van der Waals surface area contributed by atoms with Crippen LogP contribution in [0.25, 0.3) is 0 Å². The van der Waals surface area contributed by atoms with Gasteiger partial charge in [-0.1, -0.05) is 19.3 Å². The lowest BCUT2D eigenvalue weighted by molar-refractivity contribution is 0.0516. The van der Waals surface area contributed by atoms with Crippen molar-refractivity contribution < 1.29 is 9.53 Å². The number of nitrogen functional groups attached to an aromatic ring is 1. The van der Waals surface area contributed by atoms with Crippen molar-refractivity contribution in [2.75, 3.05) is 12.3 Å². The minimum absolute atomic E-state index is 0.331. The van der Waals surface area contributed by atoms with Crippen molar-refractivity contribution in [2.24, 2.45) is 5.92 Å². The van der Waals surface area contributed by atoms with Gasteiger partial charge in [0.2, 0.25) is 0 Å². The zero-order valence-corrected chi connectivity index (χ0v) is 11.4. The third-order valence-corrected chi connectivity index (χ3v) is 4.13. The van der Waals surface area contributed by atoms with E-state index in [9.17, 15) is 4.79 Å². The topological polar surface area (TPSA) is 70.1 Å². The molecule has 5 heteroatoms. The number of rotatable bonds is 5. The van der Waals surface area contributed by atoms with Crippen molar-refractivity contribution in [3.63, 3.8) is 0 Å². The number of hydrogen-bond acceptors (Lipinski definition) is 4. The smallest absolute Gasteiger partial charge is 0.359 e. The van der Waals surface area contributed by atoms with Crippen LogP contribution in [-0.2, 0) is 11.2 Å². The molecule has 1 aromatic rings. The molecule has 2 N–H and O–H groups in total. The molecule has 3 rings (SSSR count). The van der Waals surface area contributed by atoms with Gasteiger partial charge < -0.3 is 10.5 Å². The van der Waals surface area contributed by atoms with Gasteiger partial charge in [0.15, 0.2) is 5.69 Å². The Kier molecular flexibility index (Phi) is 3.21. The van der Waals surface area contributed by atoms with Crippen molar-refractivity contribution >= 4 is 11.8 Å². The first-order valence-electron chi connectivity index (χ1n) is 7.24. The lowest BCUT2D eigenvalue weighted by Crippen LogP contribution is -2.17. The van der Waals surface area contributed by atoms with E-state index in [4.69, 9.17) is 10.5 Å². The molecule has 0 amide bonds. The number of esters is 1. The Labute approximate surface area is 113 Å². The second-order valence-corrected chi connectivity index (χ2v) is 5.61. The monoisotopic (exact) mass is 263 g/mol. The van der Waals surface area contributed by atoms with Crippen molar-refractivity contribution in [1.29, 1.82) is 0 Å². The summed E-state index contributed by atoms with van der Waals surface area (Å²) >= 11 is 0. The van der Waals surface area contributed by atoms with Crippen LogP contribution in [0.5, 0.6) is 0 Å². The third kappa shape index (κ3) is 2.33. The first-order chi connectivity index (χ1) is 9.20. The number of anilines is 1. The highest BCUT2D eigenvalue weighted by molar-refractivity contribution is 5.90. The summed E-state index contributed by atoms with van der Waals surface area (Å²) in [6.45, 7) is 2.18. The average molecular weight is 263 g/mol. The molecule has 1 heterocycles. The van der Waals surface area contributed by atoms with E-state index in [2.05, 4.69) is 5.10 Å². The summed E-state index contributed by atoms with van der Waals surface area (Å²) in [4.78, 5) is 12.0. The maximum atomic E-state index is 12.0. The number of nitrogens with zero attached hydrogens (tertiary/aromatic N) is 2. The first kappa shape index (κ1) is 12.5. The minimum Gasteiger partial charge on any atom is -0.461 e. The first-order valence-corrected chi connectivity index (χ1v) is 7.24. The standard InChI is InChI=1S/C14H21N3O2/c1-2-19-14(18)12-11(8-9-4-3-5-9)13(15)17(16-12)10-6-7-10/h9-10H,2-8,15H2,1H3. The van der Waals surface area contributed by atoms with Crippen LogP contribution in [0.3, 0.4) is 0 Å². The lowest BCUT2D eigenvalue weighted by Gasteiger charge is -2.25. The van der Waals surface area contributed by atoms with Crippen LogP contribution in [0.2, 0.25) is 0 Å². The predicted octanol–water partition coefficient (Wildman–Crippen LogP) is 2.32. The molecule has 1 aromatic heterocycles. The Hall–Kier alpha value is -1.52. The molecule has 2 aliphatic carbocycles. The molecule has 2 saturated carbocycles. The molecule has 0 spiro atoms. The van der Waals surface area contributed by atoms with Gasteiger partial charge in [-0.2, -0.15) is 5.10 Å². The molecule has 19 heavy (non-hydrogen) atoms. The molecule has 0 atom stereocenters. The summed E-state index contributed by atoms with van der Waals surface area (Å²) in [5, 5.41) is 4.42. The van der Waals surface area contributed by atoms with E-state index in [-0.39, 0.29) is 5.97 Å². The Bertz CT molecular complexity index is 487. The zero-order valence-electron chi connectivity index (χ0n) is 11.4. The largest absolute Gasteiger partial charge is 0.461 e. The van der Waals surface area contributed by atoms with Crippen LogP contribution in [0.15, 0.2) is 0 Å². The van der Waals surface area contributed by atoms with E-state index in [0.29, 0.717) is 30.1 Å². The Morgan fingerprint density at radius 1 is 1.42 bits per heavy atom. The molecule has 2 aliphatic rings. The quantitative estimate of drug-likeness (QED) is 0.828. The highest BCUT2D eigenvalue weighted by atomic mass is 16.5. The SMILES string of the molecule is CCOC(=O)c1nn(C2CC2)c(N)c1CC1CCC1. The van der Waals surface area contributed by atoms with Crippen LogP contribution in [-0.4, -0.2) is 22.4 Å². The fourth-order valence-corrected chi connectivity index (χ4v) is 2.63. The number of carbonyl (C=O) groups excluding carboxylic acids is 1. The van der Waals surface area contributed by atoms with E-state index in [1.54, 1.807) is 0 Å². The van der Waals surface area contributed by atoms with Crippen molar-refractivity contribution in [2.45, 2.75) is 51.5 Å². The van der Waals surface area contributed by atoms with Gasteiger partial charge in [-0.3, -0.25) is 0 Å². The third-order valence-electron chi connectivity index (χ3n) is 4.13. The molecule has 2 fully saturated rings. The molecule has 0 bridgehead atoms. The highest BCUT2D eigenvalue weighted by Gasteiger charge is 2.32. The zero-order chi connectivity index (χ0) is 13.4. The van der Waals surface area contributed by atoms with Gasteiger partial charge in [-0.15, -0.1) is 0 Å². The molecule has 0 aromatic carbocycles. The van der Waals surface area contributed by atoms with Crippen molar-refractivity contribution in [1.82, 2.24) is 9.78 Å². The van der Waals surface area contributed by atoms with Crippen molar-refractivity contribution in [3.8, 4) is 0 Å². The number of nitrogens with two attached hydrogens (primary N) is 1. The summed E-state index contributed by atoms with van der Waals surface area (Å²) in [5.74, 6) is 1.01. The average Bonchev–Trinajstić information content (AvgIpc) is 3.10. The molecule has 0 radical (unpaired) electrons. The van der Waals surface area contributed by atoms with Gasteiger partial charge in [0, 0.05) is 5.56 Å². The second kappa shape index (κ2) is 4.87. The van der Waals surface area contributed by atoms with E-state index in [1.807, 2.05) is 11.6 Å². The van der Waals surface area contributed by atoms with Crippen LogP contribution < -0.4 is 5.73 Å². The number of ether oxygens (including phenoxy) is 1. The van der Waals surface area contributed by atoms with Crippen LogP contribution in [0.4, 0.5) is 5.82 Å². The summed E-state index contributed by atoms with van der Waals surface area (Å²) in [5.41, 5.74) is 7.55. The van der Waals surface area contributed by atoms with Gasteiger partial charge in [-0.05, 0) is 32.1 Å². The molecular weight excluding hydrogens is 242 g/mol. The van der Waals surface area contributed by atoms with E-state index >= 15 is 0 Å². The van der Waals surface area contributed by atoms with Gasteiger partial charge >= 0.3 is 5.97 Å².